The van der Waals surface area contributed by atoms with Gasteiger partial charge >= 0.3 is 0 Å². The molecular weight excluding hydrogens is 276 g/mol. The molecule has 0 spiro atoms. The summed E-state index contributed by atoms with van der Waals surface area (Å²) in [4.78, 5) is 0.167. The average molecular weight is 300 g/mol. The predicted octanol–water partition coefficient (Wildman–Crippen LogP) is 1.87. The maximum Gasteiger partial charge on any atom is 0.245 e. The minimum absolute atomic E-state index is 0.167. The quantitative estimate of drug-likeness (QED) is 0.780. The number of nitrogen functional groups attached to an aromatic ring is 1. The average Bonchev–Trinajstić information content (AvgIpc) is 2.33. The Kier molecular flexibility index (Phi) is 5.98. The first-order valence-corrected chi connectivity index (χ1v) is 8.08. The van der Waals surface area contributed by atoms with Crippen LogP contribution in [0.5, 0.6) is 0 Å². The van der Waals surface area contributed by atoms with Crippen LogP contribution in [-0.4, -0.2) is 39.5 Å². The van der Waals surface area contributed by atoms with Crippen LogP contribution >= 0.6 is 0 Å². The molecule has 0 aromatic heterocycles. The summed E-state index contributed by atoms with van der Waals surface area (Å²) in [5, 5.41) is 0. The van der Waals surface area contributed by atoms with Gasteiger partial charge in [-0.1, -0.05) is 19.9 Å². The smallest absolute Gasteiger partial charge is 0.245 e. The van der Waals surface area contributed by atoms with Gasteiger partial charge in [-0.3, -0.25) is 0 Å². The zero-order valence-electron chi connectivity index (χ0n) is 12.6. The lowest BCUT2D eigenvalue weighted by molar-refractivity contribution is 0.175. The van der Waals surface area contributed by atoms with Gasteiger partial charge < -0.3 is 10.5 Å². The number of methoxy groups -OCH3 is 1. The van der Waals surface area contributed by atoms with Crippen LogP contribution in [0.3, 0.4) is 0 Å². The van der Waals surface area contributed by atoms with Gasteiger partial charge in [0, 0.05) is 20.2 Å². The number of nitrogens with zero attached hydrogens (tertiary/aromatic N) is 1. The molecule has 0 radical (unpaired) electrons. The third kappa shape index (κ3) is 4.19. The third-order valence-corrected chi connectivity index (χ3v) is 4.84. The fourth-order valence-electron chi connectivity index (χ4n) is 1.95. The highest BCUT2D eigenvalue weighted by Crippen LogP contribution is 2.24. The number of benzene rings is 1. The molecule has 5 nitrogen and oxygen atoms in total. The monoisotopic (exact) mass is 300 g/mol. The number of nitrogens with two attached hydrogens (primary N) is 1. The van der Waals surface area contributed by atoms with Crippen LogP contribution < -0.4 is 5.73 Å². The molecule has 1 aromatic rings. The number of sulfonamides is 1. The predicted molar refractivity (Wildman–Crippen MR) is 81.1 cm³/mol. The maximum absolute atomic E-state index is 12.7. The van der Waals surface area contributed by atoms with Crippen LogP contribution in [0.2, 0.25) is 0 Å². The molecule has 0 bridgehead atoms. The van der Waals surface area contributed by atoms with Crippen molar-refractivity contribution in [1.82, 2.24) is 4.31 Å². The van der Waals surface area contributed by atoms with Gasteiger partial charge in [-0.25, -0.2) is 8.42 Å². The Bertz CT molecular complexity index is 541. The summed E-state index contributed by atoms with van der Waals surface area (Å²) in [7, 11) is -2.03. The minimum Gasteiger partial charge on any atom is -0.398 e. The Morgan fingerprint density at radius 2 is 2.00 bits per heavy atom. The molecule has 1 rings (SSSR count). The SMILES string of the molecule is COCCN(CC(C)C)S(=O)(=O)c1ccc(C)cc1N. The summed E-state index contributed by atoms with van der Waals surface area (Å²) in [6.07, 6.45) is 0. The van der Waals surface area contributed by atoms with Crippen LogP contribution in [0.25, 0.3) is 0 Å². The lowest BCUT2D eigenvalue weighted by Gasteiger charge is -2.24. The molecule has 1 aromatic carbocycles. The second-order valence-electron chi connectivity index (χ2n) is 5.29. The van der Waals surface area contributed by atoms with Crippen LogP contribution in [0.1, 0.15) is 19.4 Å². The standard InChI is InChI=1S/C14H24N2O3S/c1-11(2)10-16(7-8-19-4)20(17,18)14-6-5-12(3)9-13(14)15/h5-6,9,11H,7-8,10,15H2,1-4H3. The largest absolute Gasteiger partial charge is 0.398 e. The summed E-state index contributed by atoms with van der Waals surface area (Å²) < 4.78 is 31.8. The summed E-state index contributed by atoms with van der Waals surface area (Å²) in [6, 6.07) is 5.00. The van der Waals surface area contributed by atoms with Crippen molar-refractivity contribution in [3.8, 4) is 0 Å². The van der Waals surface area contributed by atoms with Crippen molar-refractivity contribution in [2.45, 2.75) is 25.7 Å². The molecule has 0 heterocycles. The molecule has 2 N–H and O–H groups in total. The molecule has 0 saturated heterocycles. The van der Waals surface area contributed by atoms with Gasteiger partial charge in [0.1, 0.15) is 4.90 Å². The Morgan fingerprint density at radius 3 is 2.50 bits per heavy atom. The first-order chi connectivity index (χ1) is 9.28. The van der Waals surface area contributed by atoms with Gasteiger partial charge in [0.25, 0.3) is 0 Å². The van der Waals surface area contributed by atoms with E-state index in [0.29, 0.717) is 19.7 Å². The van der Waals surface area contributed by atoms with E-state index in [2.05, 4.69) is 0 Å². The van der Waals surface area contributed by atoms with Crippen LogP contribution in [0, 0.1) is 12.8 Å². The molecule has 0 fully saturated rings. The molecule has 20 heavy (non-hydrogen) atoms. The molecule has 0 unspecified atom stereocenters. The Labute approximate surface area is 121 Å². The maximum atomic E-state index is 12.7. The first kappa shape index (κ1) is 16.9. The van der Waals surface area contributed by atoms with Crippen molar-refractivity contribution in [1.29, 1.82) is 0 Å². The van der Waals surface area contributed by atoms with Gasteiger partial charge in [-0.2, -0.15) is 4.31 Å². The van der Waals surface area contributed by atoms with E-state index < -0.39 is 10.0 Å². The van der Waals surface area contributed by atoms with E-state index in [1.165, 1.54) is 4.31 Å². The van der Waals surface area contributed by atoms with E-state index in [4.69, 9.17) is 10.5 Å². The van der Waals surface area contributed by atoms with Crippen molar-refractivity contribution >= 4 is 15.7 Å². The van der Waals surface area contributed by atoms with Crippen LogP contribution in [-0.2, 0) is 14.8 Å². The Balaban J connectivity index is 3.14. The lowest BCUT2D eigenvalue weighted by atomic mass is 10.2. The summed E-state index contributed by atoms with van der Waals surface area (Å²) >= 11 is 0. The van der Waals surface area contributed by atoms with E-state index in [-0.39, 0.29) is 16.5 Å². The molecule has 0 aliphatic heterocycles. The Hall–Kier alpha value is -1.11. The topological polar surface area (TPSA) is 72.6 Å². The summed E-state index contributed by atoms with van der Waals surface area (Å²) in [5.74, 6) is 0.230. The molecule has 0 aliphatic rings. The lowest BCUT2D eigenvalue weighted by Crippen LogP contribution is -2.37. The second kappa shape index (κ2) is 7.06. The van der Waals surface area contributed by atoms with E-state index in [1.54, 1.807) is 25.3 Å². The van der Waals surface area contributed by atoms with Crippen molar-refractivity contribution < 1.29 is 13.2 Å². The number of aryl methyl sites for hydroxylation is 1. The number of ether oxygens (including phenoxy) is 1. The number of hydrogen-bond donors (Lipinski definition) is 1. The van der Waals surface area contributed by atoms with Crippen molar-refractivity contribution in [3.05, 3.63) is 23.8 Å². The van der Waals surface area contributed by atoms with Gasteiger partial charge in [-0.15, -0.1) is 0 Å². The number of hydrogen-bond acceptors (Lipinski definition) is 4. The molecule has 0 amide bonds. The van der Waals surface area contributed by atoms with Gasteiger partial charge in [-0.05, 0) is 30.5 Å². The highest BCUT2D eigenvalue weighted by molar-refractivity contribution is 7.89. The van der Waals surface area contributed by atoms with Crippen LogP contribution in [0.15, 0.2) is 23.1 Å². The molecule has 0 saturated carbocycles. The summed E-state index contributed by atoms with van der Waals surface area (Å²) in [5.41, 5.74) is 7.09. The van der Waals surface area contributed by atoms with Crippen molar-refractivity contribution in [3.63, 3.8) is 0 Å². The molecule has 114 valence electrons. The zero-order chi connectivity index (χ0) is 15.3. The molecule has 0 aliphatic carbocycles. The minimum atomic E-state index is -3.59. The zero-order valence-corrected chi connectivity index (χ0v) is 13.4. The fraction of sp³-hybridized carbons (Fsp3) is 0.571. The van der Waals surface area contributed by atoms with Gasteiger partial charge in [0.15, 0.2) is 0 Å². The molecule has 6 heteroatoms. The third-order valence-electron chi connectivity index (χ3n) is 2.90. The van der Waals surface area contributed by atoms with E-state index >= 15 is 0 Å². The Morgan fingerprint density at radius 1 is 1.35 bits per heavy atom. The highest BCUT2D eigenvalue weighted by atomic mass is 32.2. The van der Waals surface area contributed by atoms with Crippen molar-refractivity contribution in [2.24, 2.45) is 5.92 Å². The van der Waals surface area contributed by atoms with Crippen LogP contribution in [0.4, 0.5) is 5.69 Å². The number of rotatable bonds is 7. The van der Waals surface area contributed by atoms with E-state index in [0.717, 1.165) is 5.56 Å². The normalized spacial score (nSPS) is 12.3. The summed E-state index contributed by atoms with van der Waals surface area (Å²) in [6.45, 7) is 6.96. The first-order valence-electron chi connectivity index (χ1n) is 6.64. The van der Waals surface area contributed by atoms with Gasteiger partial charge in [0.05, 0.1) is 12.3 Å². The highest BCUT2D eigenvalue weighted by Gasteiger charge is 2.26. The van der Waals surface area contributed by atoms with Gasteiger partial charge in [0.2, 0.25) is 10.0 Å². The van der Waals surface area contributed by atoms with E-state index in [9.17, 15) is 8.42 Å². The molecular formula is C14H24N2O3S. The fourth-order valence-corrected chi connectivity index (χ4v) is 3.64. The number of anilines is 1. The molecule has 0 atom stereocenters. The van der Waals surface area contributed by atoms with Crippen molar-refractivity contribution in [2.75, 3.05) is 32.5 Å². The van der Waals surface area contributed by atoms with E-state index in [1.807, 2.05) is 20.8 Å². The second-order valence-corrected chi connectivity index (χ2v) is 7.20.